The minimum Gasteiger partial charge on any atom is -0.325 e. The third-order valence-electron chi connectivity index (χ3n) is 2.57. The molecule has 2 N–H and O–H groups in total. The molecule has 90 valence electrons. The van der Waals surface area contributed by atoms with Crippen LogP contribution in [0.4, 0.5) is 4.39 Å². The Balaban J connectivity index is 2.56. The summed E-state index contributed by atoms with van der Waals surface area (Å²) in [6.07, 6.45) is 0. The van der Waals surface area contributed by atoms with Crippen LogP contribution in [0.15, 0.2) is 24.3 Å². The first-order chi connectivity index (χ1) is 8.13. The molecule has 0 spiro atoms. The van der Waals surface area contributed by atoms with Crippen molar-refractivity contribution in [3.8, 4) is 5.69 Å². The molecule has 0 amide bonds. The summed E-state index contributed by atoms with van der Waals surface area (Å²) in [6, 6.07) is 6.28. The Hall–Kier alpha value is -1.75. The number of halogens is 1. The number of nitrogens with two attached hydrogens (primary N) is 1. The first-order valence-corrected chi connectivity index (χ1v) is 5.54. The SMILES string of the molecule is CC(C)c1c(CN)nnn1-c1cccc(F)c1. The molecule has 1 aromatic carbocycles. The van der Waals surface area contributed by atoms with Crippen LogP contribution >= 0.6 is 0 Å². The van der Waals surface area contributed by atoms with Crippen molar-refractivity contribution in [2.75, 3.05) is 0 Å². The Morgan fingerprint density at radius 1 is 1.41 bits per heavy atom. The second kappa shape index (κ2) is 4.63. The van der Waals surface area contributed by atoms with E-state index in [2.05, 4.69) is 10.3 Å². The van der Waals surface area contributed by atoms with Crippen molar-refractivity contribution in [1.82, 2.24) is 15.0 Å². The maximum atomic E-state index is 13.2. The lowest BCUT2D eigenvalue weighted by atomic mass is 10.1. The zero-order chi connectivity index (χ0) is 12.4. The van der Waals surface area contributed by atoms with Gasteiger partial charge in [-0.05, 0) is 24.1 Å². The summed E-state index contributed by atoms with van der Waals surface area (Å²) in [5, 5.41) is 8.07. The van der Waals surface area contributed by atoms with Gasteiger partial charge in [0.15, 0.2) is 0 Å². The quantitative estimate of drug-likeness (QED) is 0.883. The third-order valence-corrected chi connectivity index (χ3v) is 2.57. The van der Waals surface area contributed by atoms with Crippen LogP contribution in [0, 0.1) is 5.82 Å². The Morgan fingerprint density at radius 2 is 2.18 bits per heavy atom. The van der Waals surface area contributed by atoms with Crippen molar-refractivity contribution in [2.45, 2.75) is 26.3 Å². The maximum absolute atomic E-state index is 13.2. The molecular weight excluding hydrogens is 219 g/mol. The third kappa shape index (κ3) is 2.19. The molecule has 0 radical (unpaired) electrons. The lowest BCUT2D eigenvalue weighted by Crippen LogP contribution is -2.07. The molecule has 0 aliphatic rings. The van der Waals surface area contributed by atoms with Crippen LogP contribution in [0.5, 0.6) is 0 Å². The van der Waals surface area contributed by atoms with E-state index < -0.39 is 0 Å². The molecule has 4 nitrogen and oxygen atoms in total. The number of hydrogen-bond donors (Lipinski definition) is 1. The second-order valence-electron chi connectivity index (χ2n) is 4.17. The molecule has 2 rings (SSSR count). The van der Waals surface area contributed by atoms with Crippen molar-refractivity contribution < 1.29 is 4.39 Å². The molecule has 0 aliphatic heterocycles. The smallest absolute Gasteiger partial charge is 0.125 e. The van der Waals surface area contributed by atoms with E-state index in [1.54, 1.807) is 16.8 Å². The van der Waals surface area contributed by atoms with Gasteiger partial charge in [-0.1, -0.05) is 25.1 Å². The summed E-state index contributed by atoms with van der Waals surface area (Å²) in [5.41, 5.74) is 7.97. The summed E-state index contributed by atoms with van der Waals surface area (Å²) in [7, 11) is 0. The minimum atomic E-state index is -0.290. The van der Waals surface area contributed by atoms with Gasteiger partial charge in [0.25, 0.3) is 0 Å². The van der Waals surface area contributed by atoms with Crippen LogP contribution < -0.4 is 5.73 Å². The Morgan fingerprint density at radius 3 is 2.76 bits per heavy atom. The predicted molar refractivity (Wildman–Crippen MR) is 63.3 cm³/mol. The molecule has 0 saturated heterocycles. The van der Waals surface area contributed by atoms with Crippen LogP contribution in [0.1, 0.15) is 31.2 Å². The summed E-state index contributed by atoms with van der Waals surface area (Å²) in [6.45, 7) is 4.41. The number of aromatic nitrogens is 3. The van der Waals surface area contributed by atoms with Crippen LogP contribution in [0.3, 0.4) is 0 Å². The molecule has 0 bridgehead atoms. The van der Waals surface area contributed by atoms with Crippen molar-refractivity contribution in [2.24, 2.45) is 5.73 Å². The molecule has 0 fully saturated rings. The average Bonchev–Trinajstić information content (AvgIpc) is 2.72. The summed E-state index contributed by atoms with van der Waals surface area (Å²) in [4.78, 5) is 0. The minimum absolute atomic E-state index is 0.229. The van der Waals surface area contributed by atoms with E-state index in [-0.39, 0.29) is 11.7 Å². The zero-order valence-corrected chi connectivity index (χ0v) is 9.89. The maximum Gasteiger partial charge on any atom is 0.125 e. The van der Waals surface area contributed by atoms with Crippen molar-refractivity contribution in [1.29, 1.82) is 0 Å². The number of rotatable bonds is 3. The van der Waals surface area contributed by atoms with Gasteiger partial charge in [-0.3, -0.25) is 0 Å². The molecule has 17 heavy (non-hydrogen) atoms. The van der Waals surface area contributed by atoms with Crippen LogP contribution in [0.25, 0.3) is 5.69 Å². The lowest BCUT2D eigenvalue weighted by molar-refractivity contribution is 0.622. The number of hydrogen-bond acceptors (Lipinski definition) is 3. The van der Waals surface area contributed by atoms with Gasteiger partial charge in [-0.2, -0.15) is 0 Å². The first kappa shape index (κ1) is 11.7. The highest BCUT2D eigenvalue weighted by atomic mass is 19.1. The van der Waals surface area contributed by atoms with Crippen molar-refractivity contribution in [3.63, 3.8) is 0 Å². The van der Waals surface area contributed by atoms with Crippen LogP contribution in [-0.4, -0.2) is 15.0 Å². The Bertz CT molecular complexity index is 519. The van der Waals surface area contributed by atoms with Crippen molar-refractivity contribution >= 4 is 0 Å². The van der Waals surface area contributed by atoms with E-state index in [1.165, 1.54) is 12.1 Å². The molecule has 5 heteroatoms. The van der Waals surface area contributed by atoms with Crippen molar-refractivity contribution in [3.05, 3.63) is 41.5 Å². The van der Waals surface area contributed by atoms with Gasteiger partial charge in [0, 0.05) is 6.54 Å². The highest BCUT2D eigenvalue weighted by Gasteiger charge is 2.16. The number of nitrogens with zero attached hydrogens (tertiary/aromatic N) is 3. The van der Waals surface area contributed by atoms with E-state index in [1.807, 2.05) is 13.8 Å². The van der Waals surface area contributed by atoms with E-state index >= 15 is 0 Å². The van der Waals surface area contributed by atoms with Gasteiger partial charge in [0.2, 0.25) is 0 Å². The molecule has 0 saturated carbocycles. The average molecular weight is 234 g/mol. The van der Waals surface area contributed by atoms with E-state index in [4.69, 9.17) is 5.73 Å². The Kier molecular flexibility index (Phi) is 3.19. The predicted octanol–water partition coefficient (Wildman–Crippen LogP) is 1.99. The summed E-state index contributed by atoms with van der Waals surface area (Å²) < 4.78 is 14.8. The van der Waals surface area contributed by atoms with Gasteiger partial charge in [-0.25, -0.2) is 9.07 Å². The Labute approximate surface area is 99.2 Å². The summed E-state index contributed by atoms with van der Waals surface area (Å²) >= 11 is 0. The van der Waals surface area contributed by atoms with Gasteiger partial charge in [0.1, 0.15) is 11.5 Å². The molecule has 0 unspecified atom stereocenters. The fraction of sp³-hybridized carbons (Fsp3) is 0.333. The van der Waals surface area contributed by atoms with Gasteiger partial charge in [-0.15, -0.1) is 5.10 Å². The van der Waals surface area contributed by atoms with Gasteiger partial charge < -0.3 is 5.73 Å². The lowest BCUT2D eigenvalue weighted by Gasteiger charge is -2.10. The monoisotopic (exact) mass is 234 g/mol. The van der Waals surface area contributed by atoms with Gasteiger partial charge >= 0.3 is 0 Å². The fourth-order valence-corrected chi connectivity index (χ4v) is 1.84. The van der Waals surface area contributed by atoms with E-state index in [0.29, 0.717) is 12.2 Å². The molecule has 1 heterocycles. The van der Waals surface area contributed by atoms with Gasteiger partial charge in [0.05, 0.1) is 11.4 Å². The van der Waals surface area contributed by atoms with Crippen LogP contribution in [0.2, 0.25) is 0 Å². The topological polar surface area (TPSA) is 56.7 Å². The molecule has 1 aromatic heterocycles. The van der Waals surface area contributed by atoms with E-state index in [0.717, 1.165) is 11.4 Å². The van der Waals surface area contributed by atoms with Crippen LogP contribution in [-0.2, 0) is 6.54 Å². The standard InChI is InChI=1S/C12H15FN4/c1-8(2)12-11(7-14)15-16-17(12)10-5-3-4-9(13)6-10/h3-6,8H,7,14H2,1-2H3. The summed E-state index contributed by atoms with van der Waals surface area (Å²) in [5.74, 6) is -0.0613. The molecular formula is C12H15FN4. The highest BCUT2D eigenvalue weighted by molar-refractivity contribution is 5.34. The van der Waals surface area contributed by atoms with E-state index in [9.17, 15) is 4.39 Å². The fourth-order valence-electron chi connectivity index (χ4n) is 1.84. The highest BCUT2D eigenvalue weighted by Crippen LogP contribution is 2.21. The first-order valence-electron chi connectivity index (χ1n) is 5.54. The molecule has 0 aliphatic carbocycles. The molecule has 0 atom stereocenters. The number of benzene rings is 1. The second-order valence-corrected chi connectivity index (χ2v) is 4.17. The zero-order valence-electron chi connectivity index (χ0n) is 9.89. The normalized spacial score (nSPS) is 11.1. The molecule has 2 aromatic rings. The largest absolute Gasteiger partial charge is 0.325 e.